The van der Waals surface area contributed by atoms with Gasteiger partial charge in [0.05, 0.1) is 5.92 Å². The molecule has 1 unspecified atom stereocenters. The lowest BCUT2D eigenvalue weighted by molar-refractivity contribution is -0.124. The third-order valence-electron chi connectivity index (χ3n) is 4.04. The number of hydrogen-bond donors (Lipinski definition) is 1. The molecule has 1 saturated heterocycles. The van der Waals surface area contributed by atoms with E-state index in [-0.39, 0.29) is 11.8 Å². The van der Waals surface area contributed by atoms with Gasteiger partial charge < -0.3 is 9.88 Å². The monoisotopic (exact) mass is 260 g/mol. The Labute approximate surface area is 113 Å². The van der Waals surface area contributed by atoms with Gasteiger partial charge in [0.15, 0.2) is 0 Å². The van der Waals surface area contributed by atoms with Crippen molar-refractivity contribution in [3.63, 3.8) is 0 Å². The van der Waals surface area contributed by atoms with Crippen LogP contribution in [0.3, 0.4) is 0 Å². The molecule has 5 nitrogen and oxygen atoms in total. The first-order chi connectivity index (χ1) is 9.06. The second-order valence-corrected chi connectivity index (χ2v) is 5.15. The Morgan fingerprint density at radius 2 is 2.37 bits per heavy atom. The van der Waals surface area contributed by atoms with Crippen molar-refractivity contribution in [1.82, 2.24) is 14.8 Å². The number of aromatic nitrogens is 1. The van der Waals surface area contributed by atoms with Crippen LogP contribution in [0.2, 0.25) is 0 Å². The highest BCUT2D eigenvalue weighted by atomic mass is 16.1. The lowest BCUT2D eigenvalue weighted by Crippen LogP contribution is -2.30. The van der Waals surface area contributed by atoms with Gasteiger partial charge in [-0.05, 0) is 31.5 Å². The first-order valence-corrected chi connectivity index (χ1v) is 6.56. The molecular formula is C14H20N4O. The van der Waals surface area contributed by atoms with E-state index >= 15 is 0 Å². The van der Waals surface area contributed by atoms with Crippen LogP contribution in [-0.2, 0) is 18.4 Å². The maximum Gasteiger partial charge on any atom is 0.224 e. The normalized spacial score (nSPS) is 19.4. The third kappa shape index (κ3) is 2.64. The number of amides is 1. The molecule has 0 radical (unpaired) electrons. The summed E-state index contributed by atoms with van der Waals surface area (Å²) in [6.45, 7) is 4.58. The molecule has 1 aliphatic rings. The van der Waals surface area contributed by atoms with Crippen molar-refractivity contribution in [2.75, 3.05) is 20.1 Å². The van der Waals surface area contributed by atoms with Crippen molar-refractivity contribution in [2.45, 2.75) is 19.9 Å². The Morgan fingerprint density at radius 3 is 2.95 bits per heavy atom. The van der Waals surface area contributed by atoms with Crippen LogP contribution in [0.15, 0.2) is 6.07 Å². The van der Waals surface area contributed by atoms with Crippen molar-refractivity contribution in [1.29, 1.82) is 5.26 Å². The lowest BCUT2D eigenvalue weighted by Gasteiger charge is -2.15. The molecule has 1 aromatic rings. The van der Waals surface area contributed by atoms with Gasteiger partial charge in [0, 0.05) is 32.9 Å². The quantitative estimate of drug-likeness (QED) is 0.873. The van der Waals surface area contributed by atoms with E-state index in [1.807, 2.05) is 24.6 Å². The zero-order valence-corrected chi connectivity index (χ0v) is 11.7. The summed E-state index contributed by atoms with van der Waals surface area (Å²) in [4.78, 5) is 13.9. The largest absolute Gasteiger partial charge is 0.359 e. The predicted molar refractivity (Wildman–Crippen MR) is 72.3 cm³/mol. The van der Waals surface area contributed by atoms with Crippen LogP contribution in [0, 0.1) is 24.2 Å². The second kappa shape index (κ2) is 5.45. The van der Waals surface area contributed by atoms with E-state index in [1.54, 1.807) is 7.05 Å². The molecule has 2 heterocycles. The van der Waals surface area contributed by atoms with Crippen molar-refractivity contribution < 1.29 is 4.79 Å². The third-order valence-corrected chi connectivity index (χ3v) is 4.04. The highest BCUT2D eigenvalue weighted by Gasteiger charge is 2.28. The van der Waals surface area contributed by atoms with Gasteiger partial charge >= 0.3 is 0 Å². The molecule has 0 spiro atoms. The van der Waals surface area contributed by atoms with Crippen LogP contribution in [0.4, 0.5) is 0 Å². The van der Waals surface area contributed by atoms with Crippen LogP contribution in [-0.4, -0.2) is 35.5 Å². The molecule has 0 bridgehead atoms. The fraction of sp³-hybridized carbons (Fsp3) is 0.571. The number of carbonyl (C=O) groups excluding carboxylic acids is 1. The van der Waals surface area contributed by atoms with Gasteiger partial charge in [0.1, 0.15) is 11.8 Å². The van der Waals surface area contributed by atoms with Gasteiger partial charge in [0.2, 0.25) is 5.91 Å². The standard InChI is InChI=1S/C14H20N4O/c1-10-12(6-13(7-15)17(10)3)9-18-5-4-11(8-18)14(19)16-2/h6,11H,4-5,8-9H2,1-3H3,(H,16,19). The molecule has 1 N–H and O–H groups in total. The van der Waals surface area contributed by atoms with E-state index < -0.39 is 0 Å². The molecule has 1 amide bonds. The SMILES string of the molecule is CNC(=O)C1CCN(Cc2cc(C#N)n(C)c2C)C1. The van der Waals surface area contributed by atoms with Gasteiger partial charge in [-0.15, -0.1) is 0 Å². The van der Waals surface area contributed by atoms with Crippen molar-refractivity contribution in [3.05, 3.63) is 23.0 Å². The van der Waals surface area contributed by atoms with Crippen LogP contribution >= 0.6 is 0 Å². The van der Waals surface area contributed by atoms with Crippen molar-refractivity contribution in [2.24, 2.45) is 13.0 Å². The van der Waals surface area contributed by atoms with Crippen LogP contribution in [0.1, 0.15) is 23.4 Å². The number of hydrogen-bond acceptors (Lipinski definition) is 3. The maximum absolute atomic E-state index is 11.6. The number of rotatable bonds is 3. The van der Waals surface area contributed by atoms with E-state index in [2.05, 4.69) is 16.3 Å². The maximum atomic E-state index is 11.6. The minimum absolute atomic E-state index is 0.101. The Kier molecular flexibility index (Phi) is 3.91. The summed E-state index contributed by atoms with van der Waals surface area (Å²) in [6.07, 6.45) is 0.913. The second-order valence-electron chi connectivity index (χ2n) is 5.15. The van der Waals surface area contributed by atoms with E-state index in [1.165, 1.54) is 5.56 Å². The zero-order valence-electron chi connectivity index (χ0n) is 11.7. The molecule has 0 aromatic carbocycles. The predicted octanol–water partition coefficient (Wildman–Crippen LogP) is 0.773. The summed E-state index contributed by atoms with van der Waals surface area (Å²) < 4.78 is 1.92. The molecule has 1 aromatic heterocycles. The Morgan fingerprint density at radius 1 is 1.63 bits per heavy atom. The Bertz CT molecular complexity index is 526. The fourth-order valence-electron chi connectivity index (χ4n) is 2.67. The van der Waals surface area contributed by atoms with Crippen LogP contribution in [0.25, 0.3) is 0 Å². The summed E-state index contributed by atoms with van der Waals surface area (Å²) in [7, 11) is 3.60. The number of nitrogens with zero attached hydrogens (tertiary/aromatic N) is 3. The molecule has 1 aliphatic heterocycles. The van der Waals surface area contributed by atoms with Gasteiger partial charge in [-0.3, -0.25) is 9.69 Å². The van der Waals surface area contributed by atoms with Gasteiger partial charge in [-0.2, -0.15) is 5.26 Å². The van der Waals surface area contributed by atoms with Crippen molar-refractivity contribution >= 4 is 5.91 Å². The zero-order chi connectivity index (χ0) is 14.0. The van der Waals surface area contributed by atoms with E-state index in [9.17, 15) is 4.79 Å². The summed E-state index contributed by atoms with van der Waals surface area (Å²) in [6, 6.07) is 4.14. The molecule has 1 fully saturated rings. The molecule has 1 atom stereocenters. The Balaban J connectivity index is 2.04. The highest BCUT2D eigenvalue weighted by Crippen LogP contribution is 2.21. The summed E-state index contributed by atoms with van der Waals surface area (Å²) >= 11 is 0. The molecule has 5 heteroatoms. The minimum atomic E-state index is 0.101. The van der Waals surface area contributed by atoms with Crippen LogP contribution in [0.5, 0.6) is 0 Å². The fourth-order valence-corrected chi connectivity index (χ4v) is 2.67. The van der Waals surface area contributed by atoms with Crippen molar-refractivity contribution in [3.8, 4) is 6.07 Å². The number of nitrogens with one attached hydrogen (secondary N) is 1. The minimum Gasteiger partial charge on any atom is -0.359 e. The van der Waals surface area contributed by atoms with E-state index in [4.69, 9.17) is 5.26 Å². The number of carbonyl (C=O) groups is 1. The van der Waals surface area contributed by atoms with E-state index in [0.717, 1.165) is 31.7 Å². The van der Waals surface area contributed by atoms with Gasteiger partial charge in [-0.1, -0.05) is 0 Å². The van der Waals surface area contributed by atoms with E-state index in [0.29, 0.717) is 5.69 Å². The molecule has 102 valence electrons. The molecule has 0 aliphatic carbocycles. The summed E-state index contributed by atoms with van der Waals surface area (Å²) in [5.41, 5.74) is 2.99. The van der Waals surface area contributed by atoms with Crippen LogP contribution < -0.4 is 5.32 Å². The topological polar surface area (TPSA) is 61.1 Å². The smallest absolute Gasteiger partial charge is 0.224 e. The number of nitriles is 1. The molecule has 0 saturated carbocycles. The van der Waals surface area contributed by atoms with Gasteiger partial charge in [0.25, 0.3) is 0 Å². The summed E-state index contributed by atoms with van der Waals surface area (Å²) in [5, 5.41) is 11.7. The molecular weight excluding hydrogens is 240 g/mol. The average Bonchev–Trinajstić information content (AvgIpc) is 2.98. The first-order valence-electron chi connectivity index (χ1n) is 6.56. The Hall–Kier alpha value is -1.80. The number of likely N-dealkylation sites (tertiary alicyclic amines) is 1. The molecule has 2 rings (SSSR count). The summed E-state index contributed by atoms with van der Waals surface area (Å²) in [5.74, 6) is 0.231. The first kappa shape index (κ1) is 13.6. The lowest BCUT2D eigenvalue weighted by atomic mass is 10.1. The highest BCUT2D eigenvalue weighted by molar-refractivity contribution is 5.78. The van der Waals surface area contributed by atoms with Gasteiger partial charge in [-0.25, -0.2) is 0 Å². The average molecular weight is 260 g/mol. The molecule has 19 heavy (non-hydrogen) atoms.